The zero-order valence-corrected chi connectivity index (χ0v) is 11.5. The molecular formula is C13H28N2O. The number of hydrogen-bond acceptors (Lipinski definition) is 3. The van der Waals surface area contributed by atoms with Crippen molar-refractivity contribution in [2.75, 3.05) is 26.3 Å². The van der Waals surface area contributed by atoms with Crippen molar-refractivity contribution in [2.45, 2.75) is 58.7 Å². The molecule has 0 radical (unpaired) electrons. The van der Waals surface area contributed by atoms with Crippen molar-refractivity contribution in [3.05, 3.63) is 0 Å². The lowest BCUT2D eigenvalue weighted by molar-refractivity contribution is -0.0710. The number of rotatable bonds is 5. The highest BCUT2D eigenvalue weighted by atomic mass is 16.5. The number of morpholine rings is 1. The first kappa shape index (κ1) is 13.9. The number of nitrogens with zero attached hydrogens (tertiary/aromatic N) is 1. The van der Waals surface area contributed by atoms with Crippen LogP contribution in [0.15, 0.2) is 0 Å². The van der Waals surface area contributed by atoms with E-state index in [1.807, 2.05) is 0 Å². The molecule has 0 bridgehead atoms. The fraction of sp³-hybridized carbons (Fsp3) is 1.00. The second-order valence-corrected chi connectivity index (χ2v) is 5.60. The van der Waals surface area contributed by atoms with Crippen molar-refractivity contribution in [3.63, 3.8) is 0 Å². The van der Waals surface area contributed by atoms with E-state index in [2.05, 4.69) is 44.8 Å². The van der Waals surface area contributed by atoms with Gasteiger partial charge in [0, 0.05) is 24.2 Å². The molecule has 0 aromatic heterocycles. The molecule has 1 aliphatic heterocycles. The van der Waals surface area contributed by atoms with Crippen molar-refractivity contribution in [1.29, 1.82) is 0 Å². The Hall–Kier alpha value is -0.120. The monoisotopic (exact) mass is 228 g/mol. The standard InChI is InChI=1S/C13H28N2O/c1-6-14-11(2)9-12(3)15-7-8-16-10-13(15,4)5/h11-12,14H,6-10H2,1-5H3. The van der Waals surface area contributed by atoms with Gasteiger partial charge in [0.05, 0.1) is 13.2 Å². The van der Waals surface area contributed by atoms with Crippen molar-refractivity contribution in [3.8, 4) is 0 Å². The van der Waals surface area contributed by atoms with Gasteiger partial charge >= 0.3 is 0 Å². The molecule has 0 aliphatic carbocycles. The molecule has 1 saturated heterocycles. The molecule has 0 aromatic rings. The van der Waals surface area contributed by atoms with Gasteiger partial charge in [-0.25, -0.2) is 0 Å². The predicted molar refractivity (Wildman–Crippen MR) is 68.8 cm³/mol. The van der Waals surface area contributed by atoms with Crippen LogP contribution >= 0.6 is 0 Å². The molecule has 1 N–H and O–H groups in total. The van der Waals surface area contributed by atoms with Crippen LogP contribution in [0.5, 0.6) is 0 Å². The summed E-state index contributed by atoms with van der Waals surface area (Å²) in [5, 5.41) is 3.48. The molecular weight excluding hydrogens is 200 g/mol. The summed E-state index contributed by atoms with van der Waals surface area (Å²) in [5.41, 5.74) is 0.184. The van der Waals surface area contributed by atoms with Crippen LogP contribution in [-0.4, -0.2) is 48.8 Å². The van der Waals surface area contributed by atoms with Gasteiger partial charge in [0.25, 0.3) is 0 Å². The Bertz CT molecular complexity index is 206. The van der Waals surface area contributed by atoms with Crippen molar-refractivity contribution < 1.29 is 4.74 Å². The third-order valence-electron chi connectivity index (χ3n) is 3.49. The van der Waals surface area contributed by atoms with E-state index in [0.29, 0.717) is 12.1 Å². The highest BCUT2D eigenvalue weighted by Gasteiger charge is 2.33. The first-order valence-corrected chi connectivity index (χ1v) is 6.55. The maximum Gasteiger partial charge on any atom is 0.0645 e. The maximum absolute atomic E-state index is 5.56. The Balaban J connectivity index is 2.48. The minimum absolute atomic E-state index is 0.184. The van der Waals surface area contributed by atoms with Crippen LogP contribution in [0.3, 0.4) is 0 Å². The van der Waals surface area contributed by atoms with Gasteiger partial charge in [-0.05, 0) is 40.7 Å². The summed E-state index contributed by atoms with van der Waals surface area (Å²) in [6.07, 6.45) is 1.21. The predicted octanol–water partition coefficient (Wildman–Crippen LogP) is 1.87. The summed E-state index contributed by atoms with van der Waals surface area (Å²) >= 11 is 0. The van der Waals surface area contributed by atoms with Crippen LogP contribution in [0.25, 0.3) is 0 Å². The average Bonchev–Trinajstić information content (AvgIpc) is 2.16. The van der Waals surface area contributed by atoms with Crippen LogP contribution in [0.1, 0.15) is 41.0 Å². The molecule has 0 spiro atoms. The van der Waals surface area contributed by atoms with Crippen LogP contribution < -0.4 is 5.32 Å². The van der Waals surface area contributed by atoms with Gasteiger partial charge in [0.2, 0.25) is 0 Å². The van der Waals surface area contributed by atoms with Crippen molar-refractivity contribution >= 4 is 0 Å². The van der Waals surface area contributed by atoms with Gasteiger partial charge in [-0.1, -0.05) is 6.92 Å². The Morgan fingerprint density at radius 2 is 2.06 bits per heavy atom. The lowest BCUT2D eigenvalue weighted by atomic mass is 9.97. The first-order valence-electron chi connectivity index (χ1n) is 6.55. The molecule has 0 amide bonds. The largest absolute Gasteiger partial charge is 0.378 e. The van der Waals surface area contributed by atoms with Crippen LogP contribution in [0.2, 0.25) is 0 Å². The zero-order valence-electron chi connectivity index (χ0n) is 11.5. The Morgan fingerprint density at radius 3 is 2.62 bits per heavy atom. The van der Waals surface area contributed by atoms with Crippen LogP contribution in [-0.2, 0) is 4.74 Å². The van der Waals surface area contributed by atoms with Gasteiger partial charge in [-0.15, -0.1) is 0 Å². The summed E-state index contributed by atoms with van der Waals surface area (Å²) in [4.78, 5) is 2.59. The molecule has 96 valence electrons. The highest BCUT2D eigenvalue weighted by Crippen LogP contribution is 2.23. The number of hydrogen-bond donors (Lipinski definition) is 1. The smallest absolute Gasteiger partial charge is 0.0645 e. The molecule has 1 fully saturated rings. The normalized spacial score (nSPS) is 25.3. The quantitative estimate of drug-likeness (QED) is 0.777. The van der Waals surface area contributed by atoms with E-state index in [1.54, 1.807) is 0 Å². The lowest BCUT2D eigenvalue weighted by Gasteiger charge is -2.46. The lowest BCUT2D eigenvalue weighted by Crippen LogP contribution is -2.57. The minimum atomic E-state index is 0.184. The van der Waals surface area contributed by atoms with Crippen molar-refractivity contribution in [2.24, 2.45) is 0 Å². The topological polar surface area (TPSA) is 24.5 Å². The summed E-state index contributed by atoms with van der Waals surface area (Å²) in [6, 6.07) is 1.21. The minimum Gasteiger partial charge on any atom is -0.378 e. The summed E-state index contributed by atoms with van der Waals surface area (Å²) in [6.45, 7) is 15.2. The van der Waals surface area contributed by atoms with E-state index in [1.165, 1.54) is 6.42 Å². The van der Waals surface area contributed by atoms with Gasteiger partial charge in [-0.2, -0.15) is 0 Å². The first-order chi connectivity index (χ1) is 7.47. The van der Waals surface area contributed by atoms with Crippen LogP contribution in [0.4, 0.5) is 0 Å². The fourth-order valence-electron chi connectivity index (χ4n) is 2.76. The molecule has 3 nitrogen and oxygen atoms in total. The summed E-state index contributed by atoms with van der Waals surface area (Å²) in [7, 11) is 0. The molecule has 2 unspecified atom stereocenters. The van der Waals surface area contributed by atoms with Gasteiger partial charge < -0.3 is 10.1 Å². The molecule has 1 aliphatic rings. The Labute approximate surface area is 101 Å². The maximum atomic E-state index is 5.56. The third kappa shape index (κ3) is 3.72. The molecule has 2 atom stereocenters. The summed E-state index contributed by atoms with van der Waals surface area (Å²) in [5.74, 6) is 0. The second-order valence-electron chi connectivity index (χ2n) is 5.60. The van der Waals surface area contributed by atoms with E-state index >= 15 is 0 Å². The Morgan fingerprint density at radius 1 is 1.38 bits per heavy atom. The highest BCUT2D eigenvalue weighted by molar-refractivity contribution is 4.88. The van der Waals surface area contributed by atoms with E-state index < -0.39 is 0 Å². The molecule has 0 aromatic carbocycles. The average molecular weight is 228 g/mol. The molecule has 1 rings (SSSR count). The molecule has 3 heteroatoms. The van der Waals surface area contributed by atoms with E-state index in [9.17, 15) is 0 Å². The van der Waals surface area contributed by atoms with Crippen molar-refractivity contribution in [1.82, 2.24) is 10.2 Å². The number of nitrogens with one attached hydrogen (secondary N) is 1. The second kappa shape index (κ2) is 5.99. The molecule has 1 heterocycles. The van der Waals surface area contributed by atoms with E-state index in [-0.39, 0.29) is 5.54 Å². The SMILES string of the molecule is CCNC(C)CC(C)N1CCOCC1(C)C. The zero-order chi connectivity index (χ0) is 12.2. The van der Waals surface area contributed by atoms with Crippen LogP contribution in [0, 0.1) is 0 Å². The fourth-order valence-corrected chi connectivity index (χ4v) is 2.76. The van der Waals surface area contributed by atoms with Gasteiger partial charge in [0.1, 0.15) is 0 Å². The van der Waals surface area contributed by atoms with Gasteiger partial charge in [-0.3, -0.25) is 4.90 Å². The van der Waals surface area contributed by atoms with Gasteiger partial charge in [0.15, 0.2) is 0 Å². The third-order valence-corrected chi connectivity index (χ3v) is 3.49. The van der Waals surface area contributed by atoms with E-state index in [4.69, 9.17) is 4.74 Å². The van der Waals surface area contributed by atoms with E-state index in [0.717, 1.165) is 26.3 Å². The molecule has 16 heavy (non-hydrogen) atoms. The molecule has 0 saturated carbocycles. The number of ether oxygens (including phenoxy) is 1. The summed E-state index contributed by atoms with van der Waals surface area (Å²) < 4.78 is 5.56. The Kier molecular flexibility index (Phi) is 5.22.